The third kappa shape index (κ3) is 2.81. The van der Waals surface area contributed by atoms with Crippen LogP contribution in [0.1, 0.15) is 19.3 Å². The lowest BCUT2D eigenvalue weighted by molar-refractivity contribution is -0.117. The SMILES string of the molecule is O=C(CN1CCC2(CC1)CC2(F)F)Nc1ccc2c(c1)OCCO2. The number of nitrogens with zero attached hydrogens (tertiary/aromatic N) is 1. The van der Waals surface area contributed by atoms with Crippen molar-refractivity contribution < 1.29 is 23.0 Å². The number of rotatable bonds is 3. The normalized spacial score (nSPS) is 23.8. The molecule has 1 saturated heterocycles. The number of fused-ring (bicyclic) bond motifs is 1. The molecule has 2 fully saturated rings. The zero-order valence-electron chi connectivity index (χ0n) is 13.3. The molecule has 0 atom stereocenters. The highest BCUT2D eigenvalue weighted by molar-refractivity contribution is 5.92. The van der Waals surface area contributed by atoms with Crippen LogP contribution in [0.25, 0.3) is 0 Å². The molecule has 5 nitrogen and oxygen atoms in total. The Hall–Kier alpha value is -1.89. The van der Waals surface area contributed by atoms with Gasteiger partial charge in [-0.15, -0.1) is 0 Å². The molecule has 1 aliphatic carbocycles. The van der Waals surface area contributed by atoms with Gasteiger partial charge in [0.05, 0.1) is 6.54 Å². The van der Waals surface area contributed by atoms with Gasteiger partial charge in [0.25, 0.3) is 5.92 Å². The fraction of sp³-hybridized carbons (Fsp3) is 0.588. The minimum atomic E-state index is -2.49. The standard InChI is InChI=1S/C17H20F2N2O3/c18-17(19)11-16(17)3-5-21(6-4-16)10-15(22)20-12-1-2-13-14(9-12)24-8-7-23-13/h1-2,9H,3-8,10-11H2,(H,20,22). The highest BCUT2D eigenvalue weighted by Crippen LogP contribution is 2.65. The molecule has 0 aromatic heterocycles. The highest BCUT2D eigenvalue weighted by Gasteiger charge is 2.70. The Bertz CT molecular complexity index is 657. The summed E-state index contributed by atoms with van der Waals surface area (Å²) in [7, 11) is 0. The summed E-state index contributed by atoms with van der Waals surface area (Å²) in [5, 5.41) is 2.83. The lowest BCUT2D eigenvalue weighted by Gasteiger charge is -2.31. The van der Waals surface area contributed by atoms with Crippen molar-refractivity contribution in [2.24, 2.45) is 5.41 Å². The van der Waals surface area contributed by atoms with Crippen LogP contribution in [0.3, 0.4) is 0 Å². The maximum atomic E-state index is 13.4. The van der Waals surface area contributed by atoms with Crippen LogP contribution in [0.5, 0.6) is 11.5 Å². The number of piperidine rings is 1. The van der Waals surface area contributed by atoms with Crippen molar-refractivity contribution in [3.05, 3.63) is 18.2 Å². The lowest BCUT2D eigenvalue weighted by Crippen LogP contribution is -2.41. The Balaban J connectivity index is 1.30. The zero-order chi connectivity index (χ0) is 16.8. The van der Waals surface area contributed by atoms with Crippen molar-refractivity contribution in [1.82, 2.24) is 4.90 Å². The molecule has 0 radical (unpaired) electrons. The first-order valence-corrected chi connectivity index (χ1v) is 8.27. The lowest BCUT2D eigenvalue weighted by atomic mass is 9.93. The maximum Gasteiger partial charge on any atom is 0.254 e. The molecule has 1 N–H and O–H groups in total. The molecule has 3 aliphatic rings. The number of anilines is 1. The van der Waals surface area contributed by atoms with E-state index in [-0.39, 0.29) is 18.9 Å². The molecule has 2 aliphatic heterocycles. The first kappa shape index (κ1) is 15.6. The molecule has 4 rings (SSSR count). The topological polar surface area (TPSA) is 50.8 Å². The smallest absolute Gasteiger partial charge is 0.254 e. The van der Waals surface area contributed by atoms with Crippen molar-refractivity contribution in [2.75, 3.05) is 38.2 Å². The quantitative estimate of drug-likeness (QED) is 0.920. The van der Waals surface area contributed by atoms with Gasteiger partial charge in [-0.1, -0.05) is 0 Å². The number of alkyl halides is 2. The Morgan fingerprint density at radius 2 is 1.83 bits per heavy atom. The van der Waals surface area contributed by atoms with Crippen LogP contribution >= 0.6 is 0 Å². The average molecular weight is 338 g/mol. The van der Waals surface area contributed by atoms with Gasteiger partial charge >= 0.3 is 0 Å². The molecule has 0 unspecified atom stereocenters. The molecular weight excluding hydrogens is 318 g/mol. The van der Waals surface area contributed by atoms with Gasteiger partial charge in [0, 0.05) is 23.6 Å². The minimum Gasteiger partial charge on any atom is -0.486 e. The van der Waals surface area contributed by atoms with Crippen LogP contribution in [0, 0.1) is 5.41 Å². The number of nitrogens with one attached hydrogen (secondary N) is 1. The fourth-order valence-electron chi connectivity index (χ4n) is 3.59. The Morgan fingerprint density at radius 1 is 1.17 bits per heavy atom. The molecule has 1 spiro atoms. The Kier molecular flexibility index (Phi) is 3.63. The van der Waals surface area contributed by atoms with E-state index in [1.165, 1.54) is 0 Å². The van der Waals surface area contributed by atoms with E-state index in [4.69, 9.17) is 9.47 Å². The number of carbonyl (C=O) groups excluding carboxylic acids is 1. The van der Waals surface area contributed by atoms with Crippen molar-refractivity contribution in [1.29, 1.82) is 0 Å². The average Bonchev–Trinajstić information content (AvgIpc) is 3.09. The molecule has 0 bridgehead atoms. The van der Waals surface area contributed by atoms with E-state index < -0.39 is 11.3 Å². The maximum absolute atomic E-state index is 13.4. The second-order valence-corrected chi connectivity index (χ2v) is 6.84. The van der Waals surface area contributed by atoms with Gasteiger partial charge in [-0.25, -0.2) is 8.78 Å². The second kappa shape index (κ2) is 5.58. The number of hydrogen-bond donors (Lipinski definition) is 1. The molecule has 7 heteroatoms. The van der Waals surface area contributed by atoms with Crippen LogP contribution in [-0.4, -0.2) is 49.6 Å². The number of halogens is 2. The third-order valence-electron chi connectivity index (χ3n) is 5.22. The molecule has 1 saturated carbocycles. The molecule has 2 heterocycles. The van der Waals surface area contributed by atoms with Gasteiger partial charge in [-0.2, -0.15) is 0 Å². The molecule has 1 aromatic rings. The Labute approximate surface area is 138 Å². The summed E-state index contributed by atoms with van der Waals surface area (Å²) in [6, 6.07) is 5.27. The number of ether oxygens (including phenoxy) is 2. The third-order valence-corrected chi connectivity index (χ3v) is 5.22. The summed E-state index contributed by atoms with van der Waals surface area (Å²) in [5.41, 5.74) is -0.137. The molecule has 1 aromatic carbocycles. The van der Waals surface area contributed by atoms with Crippen LogP contribution in [0.15, 0.2) is 18.2 Å². The zero-order valence-corrected chi connectivity index (χ0v) is 13.3. The summed E-state index contributed by atoms with van der Waals surface area (Å²) in [5.74, 6) is -1.35. The van der Waals surface area contributed by atoms with E-state index in [9.17, 15) is 13.6 Å². The first-order valence-electron chi connectivity index (χ1n) is 8.27. The summed E-state index contributed by atoms with van der Waals surface area (Å²) >= 11 is 0. The van der Waals surface area contributed by atoms with E-state index >= 15 is 0 Å². The number of hydrogen-bond acceptors (Lipinski definition) is 4. The van der Waals surface area contributed by atoms with Crippen molar-refractivity contribution in [3.8, 4) is 11.5 Å². The molecule has 24 heavy (non-hydrogen) atoms. The van der Waals surface area contributed by atoms with E-state index in [2.05, 4.69) is 5.32 Å². The van der Waals surface area contributed by atoms with E-state index in [1.807, 2.05) is 4.90 Å². The highest BCUT2D eigenvalue weighted by atomic mass is 19.3. The summed E-state index contributed by atoms with van der Waals surface area (Å²) < 4.78 is 37.7. The van der Waals surface area contributed by atoms with Crippen LogP contribution in [0.4, 0.5) is 14.5 Å². The monoisotopic (exact) mass is 338 g/mol. The summed E-state index contributed by atoms with van der Waals surface area (Å²) in [6.45, 7) is 2.32. The summed E-state index contributed by atoms with van der Waals surface area (Å²) in [6.07, 6.45) is 0.950. The fourth-order valence-corrected chi connectivity index (χ4v) is 3.59. The van der Waals surface area contributed by atoms with E-state index in [0.717, 1.165) is 0 Å². The van der Waals surface area contributed by atoms with Gasteiger partial charge in [0.15, 0.2) is 11.5 Å². The number of amides is 1. The molecule has 1 amide bonds. The van der Waals surface area contributed by atoms with Crippen LogP contribution in [-0.2, 0) is 4.79 Å². The largest absolute Gasteiger partial charge is 0.486 e. The molecular formula is C17H20F2N2O3. The Morgan fingerprint density at radius 3 is 2.50 bits per heavy atom. The van der Waals surface area contributed by atoms with Gasteiger partial charge in [-0.3, -0.25) is 9.69 Å². The van der Waals surface area contributed by atoms with Crippen LogP contribution < -0.4 is 14.8 Å². The van der Waals surface area contributed by atoms with Gasteiger partial charge < -0.3 is 14.8 Å². The van der Waals surface area contributed by atoms with Crippen molar-refractivity contribution in [3.63, 3.8) is 0 Å². The van der Waals surface area contributed by atoms with Gasteiger partial charge in [0.2, 0.25) is 5.91 Å². The van der Waals surface area contributed by atoms with E-state index in [0.29, 0.717) is 56.3 Å². The predicted octanol–water partition coefficient (Wildman–Crippen LogP) is 2.52. The van der Waals surface area contributed by atoms with E-state index in [1.54, 1.807) is 18.2 Å². The second-order valence-electron chi connectivity index (χ2n) is 6.84. The van der Waals surface area contributed by atoms with Crippen molar-refractivity contribution in [2.45, 2.75) is 25.2 Å². The number of carbonyl (C=O) groups is 1. The predicted molar refractivity (Wildman–Crippen MR) is 83.7 cm³/mol. The van der Waals surface area contributed by atoms with Crippen LogP contribution in [0.2, 0.25) is 0 Å². The van der Waals surface area contributed by atoms with Crippen molar-refractivity contribution >= 4 is 11.6 Å². The minimum absolute atomic E-state index is 0.0111. The number of likely N-dealkylation sites (tertiary alicyclic amines) is 1. The van der Waals surface area contributed by atoms with Gasteiger partial charge in [-0.05, 0) is 38.1 Å². The number of benzene rings is 1. The first-order chi connectivity index (χ1) is 11.5. The molecule has 130 valence electrons. The summed E-state index contributed by atoms with van der Waals surface area (Å²) in [4.78, 5) is 14.1. The van der Waals surface area contributed by atoms with Gasteiger partial charge in [0.1, 0.15) is 13.2 Å².